The molecule has 0 saturated carbocycles. The van der Waals surface area contributed by atoms with Crippen molar-refractivity contribution < 1.29 is 12.8 Å². The fourth-order valence-electron chi connectivity index (χ4n) is 2.47. The number of rotatable bonds is 8. The summed E-state index contributed by atoms with van der Waals surface area (Å²) in [5, 5.41) is 3.17. The van der Waals surface area contributed by atoms with Crippen LogP contribution in [-0.2, 0) is 16.6 Å². The molecule has 2 N–H and O–H groups in total. The summed E-state index contributed by atoms with van der Waals surface area (Å²) in [5.41, 5.74) is 0.723. The summed E-state index contributed by atoms with van der Waals surface area (Å²) in [6.07, 6.45) is 0.759. The average molecular weight is 316 g/mol. The molecular formula is C15H28N2O3S. The van der Waals surface area contributed by atoms with Crippen molar-refractivity contribution in [2.75, 3.05) is 6.54 Å². The van der Waals surface area contributed by atoms with Crippen molar-refractivity contribution in [2.24, 2.45) is 5.92 Å². The number of sulfonamides is 1. The Balaban J connectivity index is 3.18. The van der Waals surface area contributed by atoms with Gasteiger partial charge in [0, 0.05) is 18.2 Å². The van der Waals surface area contributed by atoms with Crippen LogP contribution in [0.4, 0.5) is 0 Å². The van der Waals surface area contributed by atoms with E-state index in [1.807, 2.05) is 27.7 Å². The van der Waals surface area contributed by atoms with Gasteiger partial charge in [0.25, 0.3) is 0 Å². The highest BCUT2D eigenvalue weighted by Gasteiger charge is 2.29. The first-order valence-electron chi connectivity index (χ1n) is 7.56. The van der Waals surface area contributed by atoms with E-state index in [0.29, 0.717) is 23.0 Å². The molecule has 0 radical (unpaired) electrons. The number of aryl methyl sites for hydroxylation is 2. The molecular weight excluding hydrogens is 288 g/mol. The van der Waals surface area contributed by atoms with Crippen LogP contribution in [0, 0.1) is 19.8 Å². The summed E-state index contributed by atoms with van der Waals surface area (Å²) >= 11 is 0. The molecule has 0 spiro atoms. The lowest BCUT2D eigenvalue weighted by Crippen LogP contribution is -2.38. The zero-order valence-electron chi connectivity index (χ0n) is 13.9. The SMILES string of the molecule is CCNCc1c(C)oc(C)c1S(=O)(=O)NC(CC)C(C)C. The predicted molar refractivity (Wildman–Crippen MR) is 84.8 cm³/mol. The molecule has 21 heavy (non-hydrogen) atoms. The third kappa shape index (κ3) is 4.31. The molecule has 1 atom stereocenters. The summed E-state index contributed by atoms with van der Waals surface area (Å²) in [6, 6.07) is -0.0726. The van der Waals surface area contributed by atoms with E-state index < -0.39 is 10.0 Å². The molecule has 122 valence electrons. The first kappa shape index (κ1) is 18.2. The Morgan fingerprint density at radius 3 is 2.24 bits per heavy atom. The molecule has 1 rings (SSSR count). The van der Waals surface area contributed by atoms with Gasteiger partial charge in [-0.1, -0.05) is 27.7 Å². The van der Waals surface area contributed by atoms with Crippen molar-refractivity contribution in [3.63, 3.8) is 0 Å². The zero-order chi connectivity index (χ0) is 16.2. The maximum Gasteiger partial charge on any atom is 0.244 e. The Labute approximate surface area is 128 Å². The fraction of sp³-hybridized carbons (Fsp3) is 0.733. The van der Waals surface area contributed by atoms with Crippen LogP contribution in [0.2, 0.25) is 0 Å². The molecule has 0 aliphatic carbocycles. The second kappa shape index (κ2) is 7.42. The monoisotopic (exact) mass is 316 g/mol. The quantitative estimate of drug-likeness (QED) is 0.773. The molecule has 0 aliphatic rings. The normalized spacial score (nSPS) is 13.9. The first-order valence-corrected chi connectivity index (χ1v) is 9.04. The minimum Gasteiger partial charge on any atom is -0.465 e. The topological polar surface area (TPSA) is 71.3 Å². The van der Waals surface area contributed by atoms with Gasteiger partial charge in [0.05, 0.1) is 0 Å². The van der Waals surface area contributed by atoms with E-state index in [-0.39, 0.29) is 12.0 Å². The van der Waals surface area contributed by atoms with Crippen LogP contribution in [0.3, 0.4) is 0 Å². The van der Waals surface area contributed by atoms with Gasteiger partial charge in [0.2, 0.25) is 10.0 Å². The van der Waals surface area contributed by atoms with E-state index in [1.165, 1.54) is 0 Å². The molecule has 6 heteroatoms. The molecule has 1 aromatic rings. The maximum atomic E-state index is 12.7. The lowest BCUT2D eigenvalue weighted by Gasteiger charge is -2.21. The fourth-order valence-corrected chi connectivity index (χ4v) is 4.38. The number of furan rings is 1. The Bertz CT molecular complexity index is 562. The van der Waals surface area contributed by atoms with Gasteiger partial charge in [-0.3, -0.25) is 0 Å². The lowest BCUT2D eigenvalue weighted by molar-refractivity contribution is 0.436. The molecule has 0 aliphatic heterocycles. The Morgan fingerprint density at radius 1 is 1.14 bits per heavy atom. The molecule has 0 saturated heterocycles. The Morgan fingerprint density at radius 2 is 1.76 bits per heavy atom. The van der Waals surface area contributed by atoms with E-state index in [1.54, 1.807) is 13.8 Å². The average Bonchev–Trinajstić information content (AvgIpc) is 2.68. The van der Waals surface area contributed by atoms with Crippen LogP contribution in [0.5, 0.6) is 0 Å². The van der Waals surface area contributed by atoms with Gasteiger partial charge in [-0.25, -0.2) is 13.1 Å². The van der Waals surface area contributed by atoms with Gasteiger partial charge in [-0.2, -0.15) is 0 Å². The van der Waals surface area contributed by atoms with Crippen molar-refractivity contribution in [3.8, 4) is 0 Å². The molecule has 0 aromatic carbocycles. The van der Waals surface area contributed by atoms with Crippen molar-refractivity contribution in [1.82, 2.24) is 10.0 Å². The van der Waals surface area contributed by atoms with E-state index >= 15 is 0 Å². The molecule has 0 bridgehead atoms. The van der Waals surface area contributed by atoms with Crippen molar-refractivity contribution >= 4 is 10.0 Å². The second-order valence-corrected chi connectivity index (χ2v) is 7.33. The number of nitrogens with one attached hydrogen (secondary N) is 2. The van der Waals surface area contributed by atoms with E-state index in [9.17, 15) is 8.42 Å². The number of hydrogen-bond acceptors (Lipinski definition) is 4. The molecule has 1 unspecified atom stereocenters. The Hall–Kier alpha value is -0.850. The van der Waals surface area contributed by atoms with Gasteiger partial charge < -0.3 is 9.73 Å². The van der Waals surface area contributed by atoms with Gasteiger partial charge in [-0.05, 0) is 32.7 Å². The second-order valence-electron chi connectivity index (χ2n) is 5.68. The zero-order valence-corrected chi connectivity index (χ0v) is 14.7. The summed E-state index contributed by atoms with van der Waals surface area (Å²) in [5.74, 6) is 1.35. The maximum absolute atomic E-state index is 12.7. The summed E-state index contributed by atoms with van der Waals surface area (Å²) < 4.78 is 33.8. The van der Waals surface area contributed by atoms with Crippen LogP contribution in [0.25, 0.3) is 0 Å². The van der Waals surface area contributed by atoms with Crippen LogP contribution in [0.15, 0.2) is 9.31 Å². The predicted octanol–water partition coefficient (Wildman–Crippen LogP) is 2.72. The van der Waals surface area contributed by atoms with Crippen molar-refractivity contribution in [2.45, 2.75) is 65.4 Å². The number of hydrogen-bond donors (Lipinski definition) is 2. The highest BCUT2D eigenvalue weighted by Crippen LogP contribution is 2.27. The molecule has 5 nitrogen and oxygen atoms in total. The third-order valence-electron chi connectivity index (χ3n) is 3.70. The highest BCUT2D eigenvalue weighted by atomic mass is 32.2. The van der Waals surface area contributed by atoms with E-state index in [2.05, 4.69) is 10.0 Å². The van der Waals surface area contributed by atoms with Crippen LogP contribution in [-0.4, -0.2) is 21.0 Å². The van der Waals surface area contributed by atoms with Gasteiger partial charge >= 0.3 is 0 Å². The summed E-state index contributed by atoms with van der Waals surface area (Å²) in [4.78, 5) is 0.292. The molecule has 0 fully saturated rings. The standard InChI is InChI=1S/C15H28N2O3S/c1-7-14(10(3)4)17-21(18,19)15-12(6)20-11(5)13(15)9-16-8-2/h10,14,16-17H,7-9H2,1-6H3. The molecule has 1 aromatic heterocycles. The lowest BCUT2D eigenvalue weighted by atomic mass is 10.0. The van der Waals surface area contributed by atoms with Crippen LogP contribution < -0.4 is 10.0 Å². The third-order valence-corrected chi connectivity index (χ3v) is 5.38. The molecule has 1 heterocycles. The van der Waals surface area contributed by atoms with Gasteiger partial charge in [0.1, 0.15) is 16.4 Å². The highest BCUT2D eigenvalue weighted by molar-refractivity contribution is 7.89. The molecule has 0 amide bonds. The van der Waals surface area contributed by atoms with Crippen molar-refractivity contribution in [1.29, 1.82) is 0 Å². The summed E-state index contributed by atoms with van der Waals surface area (Å²) in [7, 11) is -3.57. The minimum absolute atomic E-state index is 0.0726. The minimum atomic E-state index is -3.57. The van der Waals surface area contributed by atoms with E-state index in [0.717, 1.165) is 18.5 Å². The smallest absolute Gasteiger partial charge is 0.244 e. The first-order chi connectivity index (χ1) is 9.74. The van der Waals surface area contributed by atoms with Crippen LogP contribution in [0.1, 0.15) is 51.2 Å². The van der Waals surface area contributed by atoms with Gasteiger partial charge in [-0.15, -0.1) is 0 Å². The van der Waals surface area contributed by atoms with Crippen LogP contribution >= 0.6 is 0 Å². The van der Waals surface area contributed by atoms with Crippen molar-refractivity contribution in [3.05, 3.63) is 17.1 Å². The largest absolute Gasteiger partial charge is 0.465 e. The Kier molecular flexibility index (Phi) is 6.43. The summed E-state index contributed by atoms with van der Waals surface area (Å²) in [6.45, 7) is 12.8. The van der Waals surface area contributed by atoms with Gasteiger partial charge in [0.15, 0.2) is 0 Å². The van der Waals surface area contributed by atoms with E-state index in [4.69, 9.17) is 4.42 Å².